The Morgan fingerprint density at radius 1 is 0.966 bits per heavy atom. The topological polar surface area (TPSA) is 75.0 Å². The summed E-state index contributed by atoms with van der Waals surface area (Å²) in [4.78, 5) is 24.2. The van der Waals surface area contributed by atoms with Gasteiger partial charge in [-0.1, -0.05) is 30.3 Å². The van der Waals surface area contributed by atoms with E-state index in [1.165, 1.54) is 6.26 Å². The second-order valence-corrected chi connectivity index (χ2v) is 6.29. The zero-order chi connectivity index (χ0) is 20.2. The fourth-order valence-corrected chi connectivity index (χ4v) is 2.95. The van der Waals surface area contributed by atoms with Gasteiger partial charge in [-0.3, -0.25) is 4.79 Å². The van der Waals surface area contributed by atoms with E-state index in [-0.39, 0.29) is 24.4 Å². The summed E-state index contributed by atoms with van der Waals surface area (Å²) in [7, 11) is 0. The van der Waals surface area contributed by atoms with Gasteiger partial charge in [-0.05, 0) is 42.0 Å². The van der Waals surface area contributed by atoms with Gasteiger partial charge in [-0.2, -0.15) is 0 Å². The SMILES string of the molecule is CCOC(=O)COc1ccc2c(=O)c(Oc3ccc4ccccc4c3)coc2c1. The fourth-order valence-electron chi connectivity index (χ4n) is 2.95. The smallest absolute Gasteiger partial charge is 0.344 e. The molecule has 0 amide bonds. The van der Waals surface area contributed by atoms with Crippen LogP contribution in [-0.4, -0.2) is 19.2 Å². The Morgan fingerprint density at radius 3 is 2.59 bits per heavy atom. The highest BCUT2D eigenvalue weighted by Gasteiger charge is 2.11. The van der Waals surface area contributed by atoms with Crippen LogP contribution in [0.5, 0.6) is 17.2 Å². The number of rotatable bonds is 6. The van der Waals surface area contributed by atoms with Gasteiger partial charge >= 0.3 is 5.97 Å². The first-order chi connectivity index (χ1) is 14.1. The largest absolute Gasteiger partial charge is 0.482 e. The van der Waals surface area contributed by atoms with E-state index in [4.69, 9.17) is 18.6 Å². The highest BCUT2D eigenvalue weighted by Crippen LogP contribution is 2.26. The van der Waals surface area contributed by atoms with Crippen molar-refractivity contribution in [2.75, 3.05) is 13.2 Å². The number of benzene rings is 3. The van der Waals surface area contributed by atoms with Crippen LogP contribution in [0.3, 0.4) is 0 Å². The molecule has 6 nitrogen and oxygen atoms in total. The summed E-state index contributed by atoms with van der Waals surface area (Å²) in [6.07, 6.45) is 1.27. The third kappa shape index (κ3) is 4.06. The molecule has 0 atom stereocenters. The Balaban J connectivity index is 1.57. The number of hydrogen-bond donors (Lipinski definition) is 0. The lowest BCUT2D eigenvalue weighted by Gasteiger charge is -2.08. The number of esters is 1. The van der Waals surface area contributed by atoms with Gasteiger partial charge < -0.3 is 18.6 Å². The fraction of sp³-hybridized carbons (Fsp3) is 0.130. The Morgan fingerprint density at radius 2 is 1.76 bits per heavy atom. The Bertz CT molecular complexity index is 1240. The van der Waals surface area contributed by atoms with E-state index >= 15 is 0 Å². The highest BCUT2D eigenvalue weighted by molar-refractivity contribution is 5.84. The molecule has 4 rings (SSSR count). The molecule has 1 heterocycles. The highest BCUT2D eigenvalue weighted by atomic mass is 16.6. The third-order valence-corrected chi connectivity index (χ3v) is 4.33. The van der Waals surface area contributed by atoms with Crippen molar-refractivity contribution in [3.8, 4) is 17.2 Å². The first-order valence-corrected chi connectivity index (χ1v) is 9.14. The van der Waals surface area contributed by atoms with Crippen LogP contribution >= 0.6 is 0 Å². The summed E-state index contributed by atoms with van der Waals surface area (Å²) in [5.74, 6) is 0.572. The molecule has 0 fully saturated rings. The van der Waals surface area contributed by atoms with E-state index in [0.717, 1.165) is 10.8 Å². The van der Waals surface area contributed by atoms with Crippen molar-refractivity contribution in [3.05, 3.63) is 77.2 Å². The van der Waals surface area contributed by atoms with Crippen LogP contribution in [0.1, 0.15) is 6.92 Å². The van der Waals surface area contributed by atoms with Gasteiger partial charge in [-0.15, -0.1) is 0 Å². The molecule has 146 valence electrons. The first kappa shape index (κ1) is 18.6. The minimum Gasteiger partial charge on any atom is -0.482 e. The molecule has 0 spiro atoms. The number of fused-ring (bicyclic) bond motifs is 2. The minimum absolute atomic E-state index is 0.0907. The van der Waals surface area contributed by atoms with Crippen molar-refractivity contribution >= 4 is 27.7 Å². The van der Waals surface area contributed by atoms with Crippen molar-refractivity contribution < 1.29 is 23.4 Å². The van der Waals surface area contributed by atoms with Gasteiger partial charge in [-0.25, -0.2) is 4.79 Å². The van der Waals surface area contributed by atoms with Crippen LogP contribution in [0, 0.1) is 0 Å². The molecular weight excluding hydrogens is 372 g/mol. The second kappa shape index (κ2) is 8.06. The van der Waals surface area contributed by atoms with Crippen LogP contribution in [0.25, 0.3) is 21.7 Å². The lowest BCUT2D eigenvalue weighted by Crippen LogP contribution is -2.14. The van der Waals surface area contributed by atoms with Crippen molar-refractivity contribution in [1.82, 2.24) is 0 Å². The van der Waals surface area contributed by atoms with Crippen molar-refractivity contribution in [3.63, 3.8) is 0 Å². The zero-order valence-electron chi connectivity index (χ0n) is 15.7. The molecular formula is C23H18O6. The predicted octanol–water partition coefficient (Wildman–Crippen LogP) is 4.68. The average molecular weight is 390 g/mol. The lowest BCUT2D eigenvalue weighted by atomic mass is 10.1. The number of carbonyl (C=O) groups excluding carboxylic acids is 1. The molecule has 3 aromatic carbocycles. The molecule has 0 aliphatic rings. The summed E-state index contributed by atoms with van der Waals surface area (Å²) in [6, 6.07) is 18.2. The van der Waals surface area contributed by atoms with Gasteiger partial charge in [0.2, 0.25) is 11.2 Å². The van der Waals surface area contributed by atoms with Crippen molar-refractivity contribution in [1.29, 1.82) is 0 Å². The van der Waals surface area contributed by atoms with Gasteiger partial charge in [0.15, 0.2) is 6.61 Å². The summed E-state index contributed by atoms with van der Waals surface area (Å²) in [5.41, 5.74) is 0.0403. The number of ether oxygens (including phenoxy) is 3. The van der Waals surface area contributed by atoms with Gasteiger partial charge in [0.25, 0.3) is 0 Å². The van der Waals surface area contributed by atoms with Crippen molar-refractivity contribution in [2.24, 2.45) is 0 Å². The van der Waals surface area contributed by atoms with Crippen LogP contribution < -0.4 is 14.9 Å². The predicted molar refractivity (Wildman–Crippen MR) is 109 cm³/mol. The number of carbonyl (C=O) groups is 1. The van der Waals surface area contributed by atoms with Crippen LogP contribution in [-0.2, 0) is 9.53 Å². The molecule has 4 aromatic rings. The monoisotopic (exact) mass is 390 g/mol. The minimum atomic E-state index is -0.465. The van der Waals surface area contributed by atoms with E-state index in [0.29, 0.717) is 22.5 Å². The molecule has 1 aromatic heterocycles. The maximum atomic E-state index is 12.8. The van der Waals surface area contributed by atoms with Gasteiger partial charge in [0.05, 0.1) is 12.0 Å². The van der Waals surface area contributed by atoms with E-state index in [1.807, 2.05) is 36.4 Å². The quantitative estimate of drug-likeness (QED) is 0.445. The number of hydrogen-bond acceptors (Lipinski definition) is 6. The third-order valence-electron chi connectivity index (χ3n) is 4.33. The van der Waals surface area contributed by atoms with E-state index < -0.39 is 5.97 Å². The summed E-state index contributed by atoms with van der Waals surface area (Å²) >= 11 is 0. The van der Waals surface area contributed by atoms with E-state index in [2.05, 4.69) is 0 Å². The molecule has 0 radical (unpaired) electrons. The normalized spacial score (nSPS) is 10.8. The molecule has 0 bridgehead atoms. The lowest BCUT2D eigenvalue weighted by molar-refractivity contribution is -0.145. The molecule has 0 saturated carbocycles. The maximum Gasteiger partial charge on any atom is 0.344 e. The summed E-state index contributed by atoms with van der Waals surface area (Å²) in [6.45, 7) is 1.79. The van der Waals surface area contributed by atoms with Gasteiger partial charge in [0, 0.05) is 6.07 Å². The Labute approximate surface area is 166 Å². The molecule has 6 heteroatoms. The molecule has 29 heavy (non-hydrogen) atoms. The molecule has 0 aliphatic carbocycles. The standard InChI is InChI=1S/C23H18O6/c1-2-26-22(24)14-27-17-9-10-19-20(12-17)28-13-21(23(19)25)29-18-8-7-15-5-3-4-6-16(15)11-18/h3-13H,2,14H2,1H3. The Kier molecular flexibility index (Phi) is 5.16. The molecule has 0 aliphatic heterocycles. The van der Waals surface area contributed by atoms with Gasteiger partial charge in [0.1, 0.15) is 23.3 Å². The maximum absolute atomic E-state index is 12.8. The van der Waals surface area contributed by atoms with E-state index in [1.54, 1.807) is 31.2 Å². The second-order valence-electron chi connectivity index (χ2n) is 6.29. The Hall–Kier alpha value is -3.80. The molecule has 0 N–H and O–H groups in total. The first-order valence-electron chi connectivity index (χ1n) is 9.14. The molecule has 0 unspecified atom stereocenters. The van der Waals surface area contributed by atoms with Crippen molar-refractivity contribution in [2.45, 2.75) is 6.92 Å². The zero-order valence-corrected chi connectivity index (χ0v) is 15.7. The van der Waals surface area contributed by atoms with Crippen LogP contribution in [0.2, 0.25) is 0 Å². The summed E-state index contributed by atoms with van der Waals surface area (Å²) < 4.78 is 21.5. The average Bonchev–Trinajstić information content (AvgIpc) is 2.74. The van der Waals surface area contributed by atoms with Crippen LogP contribution in [0.15, 0.2) is 76.1 Å². The summed E-state index contributed by atoms with van der Waals surface area (Å²) in [5, 5.41) is 2.45. The van der Waals surface area contributed by atoms with Crippen LogP contribution in [0.4, 0.5) is 0 Å². The van der Waals surface area contributed by atoms with E-state index in [9.17, 15) is 9.59 Å². The molecule has 0 saturated heterocycles.